The van der Waals surface area contributed by atoms with Crippen molar-refractivity contribution in [3.63, 3.8) is 0 Å². The summed E-state index contributed by atoms with van der Waals surface area (Å²) in [4.78, 5) is 0. The van der Waals surface area contributed by atoms with E-state index in [-0.39, 0.29) is 29.5 Å². The Bertz CT molecular complexity index is 1800. The van der Waals surface area contributed by atoms with E-state index >= 15 is 0 Å². The summed E-state index contributed by atoms with van der Waals surface area (Å²) in [5, 5.41) is 0. The fourth-order valence-corrected chi connectivity index (χ4v) is 5.19. The molecule has 0 radical (unpaired) electrons. The highest BCUT2D eigenvalue weighted by Crippen LogP contribution is 2.48. The maximum absolute atomic E-state index is 12.1. The van der Waals surface area contributed by atoms with Crippen LogP contribution in [0.5, 0.6) is 28.7 Å². The first-order valence-electron chi connectivity index (χ1n) is 12.5. The van der Waals surface area contributed by atoms with Crippen LogP contribution in [0.2, 0.25) is 0 Å². The molecule has 2 N–H and O–H groups in total. The van der Waals surface area contributed by atoms with Crippen LogP contribution in [0.15, 0.2) is 72.8 Å². The van der Waals surface area contributed by atoms with Crippen LogP contribution in [0.3, 0.4) is 0 Å². The molecule has 4 aromatic carbocycles. The first-order chi connectivity index (χ1) is 19.8. The predicted molar refractivity (Wildman–Crippen MR) is 161 cm³/mol. The zero-order chi connectivity index (χ0) is 30.7. The van der Waals surface area contributed by atoms with Crippen LogP contribution in [0.25, 0.3) is 22.3 Å². The number of benzene rings is 4. The van der Waals surface area contributed by atoms with Crippen LogP contribution < -0.4 is 28.3 Å². The molecule has 42 heavy (non-hydrogen) atoms. The largest absolute Gasteiger partial charge is 0.496 e. The summed E-state index contributed by atoms with van der Waals surface area (Å²) < 4.78 is 74.7. The molecule has 0 aliphatic rings. The number of hydrogen-bond donors (Lipinski definition) is 1. The normalized spacial score (nSPS) is 11.5. The van der Waals surface area contributed by atoms with Gasteiger partial charge < -0.3 is 28.3 Å². The molecule has 0 aliphatic carbocycles. The second-order valence-corrected chi connectivity index (χ2v) is 12.6. The topological polar surface area (TPSA) is 140 Å². The number of aryl methyl sites for hydroxylation is 1. The van der Waals surface area contributed by atoms with Gasteiger partial charge in [-0.15, -0.1) is 0 Å². The molecule has 0 saturated heterocycles. The van der Waals surface area contributed by atoms with E-state index in [1.807, 2.05) is 31.2 Å². The molecule has 0 fully saturated rings. The van der Waals surface area contributed by atoms with E-state index in [1.54, 1.807) is 30.3 Å². The standard InChI is InChI=1S/C30H31NO9S2/c1-19-6-8-20(9-7-19)18-38-25-15-12-22(16-26(25)40-42(5,34)35)28-27(36-2)17-24(30(37-3)29(28)31)21-10-13-23(14-11-21)39-41(4,32)33/h6-17H,18,31H2,1-5H3. The van der Waals surface area contributed by atoms with Crippen molar-refractivity contribution in [1.82, 2.24) is 0 Å². The molecule has 222 valence electrons. The van der Waals surface area contributed by atoms with Gasteiger partial charge in [-0.25, -0.2) is 0 Å². The summed E-state index contributed by atoms with van der Waals surface area (Å²) in [6.45, 7) is 2.18. The van der Waals surface area contributed by atoms with Crippen molar-refractivity contribution in [3.05, 3.63) is 83.9 Å². The van der Waals surface area contributed by atoms with Crippen molar-refractivity contribution in [2.45, 2.75) is 13.5 Å². The molecule has 0 aliphatic heterocycles. The number of ether oxygens (including phenoxy) is 3. The van der Waals surface area contributed by atoms with Gasteiger partial charge in [0, 0.05) is 5.56 Å². The number of nitrogens with two attached hydrogens (primary N) is 1. The Balaban J connectivity index is 1.77. The number of rotatable bonds is 11. The maximum Gasteiger partial charge on any atom is 0.306 e. The minimum atomic E-state index is -3.90. The van der Waals surface area contributed by atoms with Crippen LogP contribution in [-0.4, -0.2) is 43.6 Å². The second kappa shape index (κ2) is 12.2. The highest BCUT2D eigenvalue weighted by Gasteiger charge is 2.22. The lowest BCUT2D eigenvalue weighted by atomic mass is 9.95. The van der Waals surface area contributed by atoms with Crippen LogP contribution in [-0.2, 0) is 26.8 Å². The lowest BCUT2D eigenvalue weighted by Gasteiger charge is -2.20. The zero-order valence-electron chi connectivity index (χ0n) is 23.7. The van der Waals surface area contributed by atoms with Gasteiger partial charge >= 0.3 is 20.2 Å². The van der Waals surface area contributed by atoms with Crippen molar-refractivity contribution >= 4 is 25.9 Å². The van der Waals surface area contributed by atoms with Gasteiger partial charge in [0.15, 0.2) is 11.5 Å². The summed E-state index contributed by atoms with van der Waals surface area (Å²) in [6, 6.07) is 20.6. The Morgan fingerprint density at radius 1 is 0.690 bits per heavy atom. The third kappa shape index (κ3) is 7.45. The summed E-state index contributed by atoms with van der Waals surface area (Å²) in [6.07, 6.45) is 1.91. The highest BCUT2D eigenvalue weighted by atomic mass is 32.2. The van der Waals surface area contributed by atoms with Crippen LogP contribution >= 0.6 is 0 Å². The van der Waals surface area contributed by atoms with Crippen molar-refractivity contribution in [2.24, 2.45) is 0 Å². The predicted octanol–water partition coefficient (Wildman–Crippen LogP) is 5.18. The number of hydrogen-bond acceptors (Lipinski definition) is 10. The zero-order valence-corrected chi connectivity index (χ0v) is 25.3. The average Bonchev–Trinajstić information content (AvgIpc) is 2.91. The lowest BCUT2D eigenvalue weighted by Crippen LogP contribution is -2.08. The third-order valence-corrected chi connectivity index (χ3v) is 7.08. The average molecular weight is 614 g/mol. The Kier molecular flexibility index (Phi) is 8.88. The van der Waals surface area contributed by atoms with Gasteiger partial charge in [0.2, 0.25) is 0 Å². The van der Waals surface area contributed by atoms with Crippen molar-refractivity contribution in [3.8, 4) is 51.0 Å². The molecule has 4 aromatic rings. The summed E-state index contributed by atoms with van der Waals surface area (Å²) in [5.74, 6) is 1.06. The molecule has 0 atom stereocenters. The Morgan fingerprint density at radius 3 is 1.88 bits per heavy atom. The Morgan fingerprint density at radius 2 is 1.31 bits per heavy atom. The Hall–Kier alpha value is -4.42. The minimum Gasteiger partial charge on any atom is -0.496 e. The minimum absolute atomic E-state index is 0.0203. The van der Waals surface area contributed by atoms with Gasteiger partial charge in [0.1, 0.15) is 23.9 Å². The molecular weight excluding hydrogens is 582 g/mol. The fourth-order valence-electron chi connectivity index (χ4n) is 4.27. The van der Waals surface area contributed by atoms with E-state index in [0.717, 1.165) is 23.6 Å². The van der Waals surface area contributed by atoms with Crippen molar-refractivity contribution < 1.29 is 39.4 Å². The van der Waals surface area contributed by atoms with E-state index < -0.39 is 20.2 Å². The SMILES string of the molecule is COc1cc(-c2ccc(OS(C)(=O)=O)cc2)c(OC)c(N)c1-c1ccc(OCc2ccc(C)cc2)c(OS(C)(=O)=O)c1. The van der Waals surface area contributed by atoms with Crippen molar-refractivity contribution in [1.29, 1.82) is 0 Å². The monoisotopic (exact) mass is 613 g/mol. The first kappa shape index (κ1) is 30.5. The summed E-state index contributed by atoms with van der Waals surface area (Å²) in [7, 11) is -4.64. The molecule has 0 heterocycles. The molecule has 0 unspecified atom stereocenters. The fraction of sp³-hybridized carbons (Fsp3) is 0.200. The van der Waals surface area contributed by atoms with Crippen LogP contribution in [0.4, 0.5) is 5.69 Å². The molecule has 4 rings (SSSR count). The summed E-state index contributed by atoms with van der Waals surface area (Å²) >= 11 is 0. The molecule has 0 saturated carbocycles. The van der Waals surface area contributed by atoms with Gasteiger partial charge in [-0.2, -0.15) is 16.8 Å². The third-order valence-electron chi connectivity index (χ3n) is 6.11. The molecule has 0 bridgehead atoms. The van der Waals surface area contributed by atoms with E-state index in [4.69, 9.17) is 28.3 Å². The van der Waals surface area contributed by atoms with Gasteiger partial charge in [0.05, 0.1) is 38.0 Å². The van der Waals surface area contributed by atoms with E-state index in [1.165, 1.54) is 32.4 Å². The number of methoxy groups -OCH3 is 2. The maximum atomic E-state index is 12.1. The number of nitrogen functional groups attached to an aromatic ring is 1. The molecular formula is C30H31NO9S2. The smallest absolute Gasteiger partial charge is 0.306 e. The molecule has 12 heteroatoms. The van der Waals surface area contributed by atoms with Crippen LogP contribution in [0.1, 0.15) is 11.1 Å². The van der Waals surface area contributed by atoms with Gasteiger partial charge in [-0.05, 0) is 53.9 Å². The molecule has 0 spiro atoms. The lowest BCUT2D eigenvalue weighted by molar-refractivity contribution is 0.296. The van der Waals surface area contributed by atoms with Gasteiger partial charge in [0.25, 0.3) is 0 Å². The van der Waals surface area contributed by atoms with Crippen molar-refractivity contribution in [2.75, 3.05) is 32.5 Å². The highest BCUT2D eigenvalue weighted by molar-refractivity contribution is 7.86. The molecule has 0 amide bonds. The number of anilines is 1. The second-order valence-electron chi connectivity index (χ2n) is 9.48. The van der Waals surface area contributed by atoms with E-state index in [2.05, 4.69) is 0 Å². The van der Waals surface area contributed by atoms with E-state index in [9.17, 15) is 16.8 Å². The quantitative estimate of drug-likeness (QED) is 0.178. The van der Waals surface area contributed by atoms with Crippen LogP contribution in [0, 0.1) is 6.92 Å². The Labute approximate surface area is 245 Å². The van der Waals surface area contributed by atoms with Gasteiger partial charge in [-0.3, -0.25) is 0 Å². The van der Waals surface area contributed by atoms with E-state index in [0.29, 0.717) is 33.8 Å². The molecule has 0 aromatic heterocycles. The molecule has 10 nitrogen and oxygen atoms in total. The first-order valence-corrected chi connectivity index (χ1v) is 16.2. The van der Waals surface area contributed by atoms with Gasteiger partial charge in [-0.1, -0.05) is 48.0 Å². The summed E-state index contributed by atoms with van der Waals surface area (Å²) in [5.41, 5.74) is 11.0.